The van der Waals surface area contributed by atoms with Gasteiger partial charge in [0, 0.05) is 63.8 Å². The number of aliphatic hydroxyl groups excluding tert-OH is 1. The van der Waals surface area contributed by atoms with Gasteiger partial charge in [-0.2, -0.15) is 0 Å². The van der Waals surface area contributed by atoms with Gasteiger partial charge in [-0.15, -0.1) is 0 Å². The van der Waals surface area contributed by atoms with E-state index in [4.69, 9.17) is 0 Å². The third-order valence-electron chi connectivity index (χ3n) is 6.37. The number of nitrogens with zero attached hydrogens (tertiary/aromatic N) is 3. The first kappa shape index (κ1) is 20.8. The summed E-state index contributed by atoms with van der Waals surface area (Å²) in [6.07, 6.45) is -0.399. The third-order valence-corrected chi connectivity index (χ3v) is 7.04. The van der Waals surface area contributed by atoms with Gasteiger partial charge in [0.25, 0.3) is 0 Å². The number of fused-ring (bicyclic) bond motifs is 3. The van der Waals surface area contributed by atoms with Crippen LogP contribution in [0.2, 0.25) is 0 Å². The molecule has 0 bridgehead atoms. The maximum atomic E-state index is 11.0. The molecule has 1 aromatic heterocycles. The van der Waals surface area contributed by atoms with Crippen molar-refractivity contribution < 1.29 is 5.11 Å². The second-order valence-electron chi connectivity index (χ2n) is 8.57. The molecule has 4 nitrogen and oxygen atoms in total. The third kappa shape index (κ3) is 4.31. The lowest BCUT2D eigenvalue weighted by Crippen LogP contribution is -2.49. The molecular formula is C26H28IN3O. The highest BCUT2D eigenvalue weighted by molar-refractivity contribution is 14.1. The molecule has 0 spiro atoms. The number of aryl methyl sites for hydroxylation is 1. The van der Waals surface area contributed by atoms with Crippen LogP contribution in [0, 0.1) is 10.5 Å². The summed E-state index contributed by atoms with van der Waals surface area (Å²) in [5.41, 5.74) is 4.99. The van der Waals surface area contributed by atoms with Crippen molar-refractivity contribution in [2.75, 3.05) is 37.6 Å². The van der Waals surface area contributed by atoms with Gasteiger partial charge in [-0.25, -0.2) is 0 Å². The van der Waals surface area contributed by atoms with Crippen LogP contribution >= 0.6 is 22.6 Å². The van der Waals surface area contributed by atoms with E-state index in [0.717, 1.165) is 26.2 Å². The standard InChI is InChI=1S/C26H28IN3O/c1-19-6-9-21(10-7-19)29-14-12-28(13-15-29)17-22(31)18-30-25-5-3-2-4-23(25)24-16-20(27)8-11-26(24)30/h2-11,16,22,31H,12-15,17-18H2,1H3. The summed E-state index contributed by atoms with van der Waals surface area (Å²) in [6.45, 7) is 7.42. The minimum absolute atomic E-state index is 0.399. The number of rotatable bonds is 5. The Bertz CT molecular complexity index is 1190. The second kappa shape index (κ2) is 8.81. The van der Waals surface area contributed by atoms with E-state index in [9.17, 15) is 5.11 Å². The molecule has 31 heavy (non-hydrogen) atoms. The number of para-hydroxylation sites is 1. The number of aliphatic hydroxyl groups is 1. The zero-order valence-electron chi connectivity index (χ0n) is 17.8. The number of piperazine rings is 1. The smallest absolute Gasteiger partial charge is 0.0845 e. The number of halogens is 1. The van der Waals surface area contributed by atoms with Crippen LogP contribution in [0.3, 0.4) is 0 Å². The molecule has 160 valence electrons. The Morgan fingerprint density at radius 2 is 1.55 bits per heavy atom. The van der Waals surface area contributed by atoms with Gasteiger partial charge in [0.1, 0.15) is 0 Å². The van der Waals surface area contributed by atoms with Gasteiger partial charge in [0.2, 0.25) is 0 Å². The van der Waals surface area contributed by atoms with Crippen LogP contribution in [0.1, 0.15) is 5.56 Å². The van der Waals surface area contributed by atoms with Crippen molar-refractivity contribution in [3.63, 3.8) is 0 Å². The predicted molar refractivity (Wildman–Crippen MR) is 138 cm³/mol. The quantitative estimate of drug-likeness (QED) is 0.377. The Labute approximate surface area is 197 Å². The van der Waals surface area contributed by atoms with Crippen molar-refractivity contribution in [2.24, 2.45) is 0 Å². The van der Waals surface area contributed by atoms with E-state index >= 15 is 0 Å². The average Bonchev–Trinajstić information content (AvgIpc) is 3.08. The van der Waals surface area contributed by atoms with Crippen LogP contribution in [-0.4, -0.2) is 53.4 Å². The van der Waals surface area contributed by atoms with Crippen LogP contribution in [-0.2, 0) is 6.54 Å². The summed E-state index contributed by atoms with van der Waals surface area (Å²) in [7, 11) is 0. The summed E-state index contributed by atoms with van der Waals surface area (Å²) >= 11 is 2.37. The molecular weight excluding hydrogens is 497 g/mol. The molecule has 1 N–H and O–H groups in total. The Morgan fingerprint density at radius 3 is 2.32 bits per heavy atom. The van der Waals surface area contributed by atoms with Crippen LogP contribution in [0.4, 0.5) is 5.69 Å². The van der Waals surface area contributed by atoms with E-state index in [-0.39, 0.29) is 0 Å². The molecule has 0 aliphatic carbocycles. The first-order chi connectivity index (χ1) is 15.1. The lowest BCUT2D eigenvalue weighted by Gasteiger charge is -2.37. The van der Waals surface area contributed by atoms with E-state index in [0.29, 0.717) is 13.1 Å². The van der Waals surface area contributed by atoms with E-state index in [1.54, 1.807) is 0 Å². The van der Waals surface area contributed by atoms with Crippen molar-refractivity contribution in [1.29, 1.82) is 0 Å². The molecule has 1 aliphatic heterocycles. The number of anilines is 1. The lowest BCUT2D eigenvalue weighted by molar-refractivity contribution is 0.0969. The zero-order valence-corrected chi connectivity index (χ0v) is 20.0. The molecule has 0 radical (unpaired) electrons. The summed E-state index contributed by atoms with van der Waals surface area (Å²) < 4.78 is 3.52. The van der Waals surface area contributed by atoms with E-state index in [1.807, 2.05) is 0 Å². The molecule has 0 saturated carbocycles. The number of β-amino-alcohol motifs (C(OH)–C–C–N with tert-alkyl or cyclic N) is 1. The summed E-state index contributed by atoms with van der Waals surface area (Å²) in [5, 5.41) is 13.5. The van der Waals surface area contributed by atoms with Crippen molar-refractivity contribution >= 4 is 50.1 Å². The largest absolute Gasteiger partial charge is 0.390 e. The van der Waals surface area contributed by atoms with Crippen molar-refractivity contribution in [3.8, 4) is 0 Å². The second-order valence-corrected chi connectivity index (χ2v) is 9.81. The van der Waals surface area contributed by atoms with Crippen molar-refractivity contribution in [2.45, 2.75) is 19.6 Å². The summed E-state index contributed by atoms with van der Waals surface area (Å²) in [5.74, 6) is 0. The fourth-order valence-electron chi connectivity index (χ4n) is 4.73. The topological polar surface area (TPSA) is 31.6 Å². The molecule has 2 heterocycles. The number of benzene rings is 3. The Hall–Kier alpha value is -2.09. The van der Waals surface area contributed by atoms with Crippen LogP contribution in [0.25, 0.3) is 21.8 Å². The minimum atomic E-state index is -0.399. The molecule has 0 amide bonds. The fraction of sp³-hybridized carbons (Fsp3) is 0.308. The molecule has 3 aromatic carbocycles. The molecule has 5 rings (SSSR count). The van der Waals surface area contributed by atoms with Crippen LogP contribution in [0.5, 0.6) is 0 Å². The fourth-order valence-corrected chi connectivity index (χ4v) is 5.22. The first-order valence-corrected chi connectivity index (χ1v) is 12.0. The normalized spacial score (nSPS) is 16.3. The van der Waals surface area contributed by atoms with Gasteiger partial charge >= 0.3 is 0 Å². The highest BCUT2D eigenvalue weighted by atomic mass is 127. The van der Waals surface area contributed by atoms with Crippen LogP contribution in [0.15, 0.2) is 66.7 Å². The van der Waals surface area contributed by atoms with Gasteiger partial charge in [0.15, 0.2) is 0 Å². The summed E-state index contributed by atoms with van der Waals surface area (Å²) in [4.78, 5) is 4.84. The maximum Gasteiger partial charge on any atom is 0.0845 e. The molecule has 1 fully saturated rings. The Morgan fingerprint density at radius 1 is 0.839 bits per heavy atom. The van der Waals surface area contributed by atoms with Gasteiger partial charge in [0.05, 0.1) is 12.6 Å². The number of hydrogen-bond donors (Lipinski definition) is 1. The van der Waals surface area contributed by atoms with Crippen LogP contribution < -0.4 is 4.90 Å². The highest BCUT2D eigenvalue weighted by Crippen LogP contribution is 2.30. The molecule has 5 heteroatoms. The molecule has 1 saturated heterocycles. The van der Waals surface area contributed by atoms with Gasteiger partial charge < -0.3 is 14.6 Å². The zero-order chi connectivity index (χ0) is 21.4. The molecule has 1 aliphatic rings. The Kier molecular flexibility index (Phi) is 5.91. The molecule has 4 aromatic rings. The first-order valence-electron chi connectivity index (χ1n) is 11.0. The number of hydrogen-bond acceptors (Lipinski definition) is 3. The molecule has 1 unspecified atom stereocenters. The predicted octanol–water partition coefficient (Wildman–Crippen LogP) is 4.89. The van der Waals surface area contributed by atoms with Crippen molar-refractivity contribution in [3.05, 3.63) is 75.9 Å². The average molecular weight is 525 g/mol. The van der Waals surface area contributed by atoms with E-state index in [1.165, 1.54) is 36.6 Å². The van der Waals surface area contributed by atoms with Gasteiger partial charge in [-0.3, -0.25) is 4.90 Å². The molecule has 1 atom stereocenters. The van der Waals surface area contributed by atoms with Gasteiger partial charge in [-0.05, 0) is 65.9 Å². The van der Waals surface area contributed by atoms with Crippen molar-refractivity contribution in [1.82, 2.24) is 9.47 Å². The van der Waals surface area contributed by atoms with E-state index in [2.05, 4.69) is 111 Å². The van der Waals surface area contributed by atoms with Gasteiger partial charge in [-0.1, -0.05) is 35.9 Å². The number of aromatic nitrogens is 1. The van der Waals surface area contributed by atoms with E-state index < -0.39 is 6.10 Å². The monoisotopic (exact) mass is 525 g/mol. The summed E-state index contributed by atoms with van der Waals surface area (Å²) in [6, 6.07) is 23.9. The maximum absolute atomic E-state index is 11.0. The highest BCUT2D eigenvalue weighted by Gasteiger charge is 2.21. The SMILES string of the molecule is Cc1ccc(N2CCN(CC(O)Cn3c4ccccc4c4cc(I)ccc43)CC2)cc1. The lowest BCUT2D eigenvalue weighted by atomic mass is 10.2. The minimum Gasteiger partial charge on any atom is -0.390 e. The Balaban J connectivity index is 1.27.